The number of nitrogens with two attached hydrogens (primary N) is 1. The third-order valence-electron chi connectivity index (χ3n) is 4.95. The number of hydrogen-bond acceptors (Lipinski definition) is 4. The van der Waals surface area contributed by atoms with Crippen LogP contribution in [-0.2, 0) is 11.8 Å². The molecule has 0 saturated carbocycles. The number of rotatable bonds is 4. The maximum atomic E-state index is 5.87. The van der Waals surface area contributed by atoms with Crippen LogP contribution in [0.25, 0.3) is 16.9 Å². The number of morpholine rings is 1. The van der Waals surface area contributed by atoms with E-state index in [-0.39, 0.29) is 5.96 Å². The maximum absolute atomic E-state index is 5.87. The van der Waals surface area contributed by atoms with E-state index in [1.807, 2.05) is 17.1 Å². The number of fused-ring (bicyclic) bond motifs is 1. The lowest BCUT2D eigenvalue weighted by Crippen LogP contribution is -2.50. The number of imidazole rings is 1. The highest BCUT2D eigenvalue weighted by Gasteiger charge is 2.15. The summed E-state index contributed by atoms with van der Waals surface area (Å²) < 4.78 is 9.63. The van der Waals surface area contributed by atoms with Crippen molar-refractivity contribution in [3.63, 3.8) is 0 Å². The Morgan fingerprint density at radius 3 is 2.72 bits per heavy atom. The van der Waals surface area contributed by atoms with Crippen LogP contribution >= 0.6 is 0 Å². The second kappa shape index (κ2) is 8.42. The second-order valence-electron chi connectivity index (χ2n) is 7.11. The number of hydrogen-bond donors (Lipinski definition) is 2. The molecule has 3 N–H and O–H groups in total. The SMILES string of the molecule is Cc1cc[n+]2cc(-c3ccc(/C=N/N=C(\N)NN4CCOCC4)cc3)n(C)c2c1. The molecular formula is C21H26N7O+. The minimum absolute atomic E-state index is 0.266. The molecule has 1 fully saturated rings. The van der Waals surface area contributed by atoms with Crippen LogP contribution in [0.15, 0.2) is 59.0 Å². The zero-order chi connectivity index (χ0) is 20.2. The Labute approximate surface area is 169 Å². The van der Waals surface area contributed by atoms with Crippen molar-refractivity contribution in [2.24, 2.45) is 23.0 Å². The topological polar surface area (TPSA) is 84.3 Å². The molecule has 29 heavy (non-hydrogen) atoms. The van der Waals surface area contributed by atoms with Crippen LogP contribution in [0.2, 0.25) is 0 Å². The summed E-state index contributed by atoms with van der Waals surface area (Å²) in [5.74, 6) is 0.266. The van der Waals surface area contributed by atoms with Crippen LogP contribution in [-0.4, -0.2) is 48.1 Å². The number of hydrazine groups is 1. The number of benzene rings is 1. The predicted molar refractivity (Wildman–Crippen MR) is 113 cm³/mol. The van der Waals surface area contributed by atoms with Crippen LogP contribution < -0.4 is 15.6 Å². The molecule has 0 atom stereocenters. The fourth-order valence-electron chi connectivity index (χ4n) is 3.35. The van der Waals surface area contributed by atoms with Gasteiger partial charge in [-0.15, -0.1) is 5.10 Å². The molecule has 0 aliphatic carbocycles. The summed E-state index contributed by atoms with van der Waals surface area (Å²) in [6.45, 7) is 5.02. The molecule has 0 radical (unpaired) electrons. The van der Waals surface area contributed by atoms with Gasteiger partial charge in [-0.05, 0) is 36.2 Å². The van der Waals surface area contributed by atoms with Gasteiger partial charge in [0.05, 0.1) is 32.7 Å². The fourth-order valence-corrected chi connectivity index (χ4v) is 3.35. The first-order valence-corrected chi connectivity index (χ1v) is 9.64. The molecule has 1 saturated heterocycles. The van der Waals surface area contributed by atoms with Gasteiger partial charge < -0.3 is 10.5 Å². The number of aromatic nitrogens is 2. The monoisotopic (exact) mass is 392 g/mol. The van der Waals surface area contributed by atoms with Gasteiger partial charge in [-0.2, -0.15) is 5.10 Å². The van der Waals surface area contributed by atoms with Crippen molar-refractivity contribution in [2.45, 2.75) is 6.92 Å². The predicted octanol–water partition coefficient (Wildman–Crippen LogP) is 1.22. The second-order valence-corrected chi connectivity index (χ2v) is 7.11. The van der Waals surface area contributed by atoms with E-state index in [4.69, 9.17) is 10.5 Å². The van der Waals surface area contributed by atoms with Gasteiger partial charge in [0.15, 0.2) is 5.69 Å². The number of aryl methyl sites for hydroxylation is 2. The van der Waals surface area contributed by atoms with E-state index in [0.29, 0.717) is 13.2 Å². The largest absolute Gasteiger partial charge is 0.379 e. The van der Waals surface area contributed by atoms with Crippen LogP contribution in [0.4, 0.5) is 0 Å². The van der Waals surface area contributed by atoms with Gasteiger partial charge in [0.1, 0.15) is 6.20 Å². The summed E-state index contributed by atoms with van der Waals surface area (Å²) in [6.07, 6.45) is 5.92. The quantitative estimate of drug-likeness (QED) is 0.303. The first-order chi connectivity index (χ1) is 14.1. The lowest BCUT2D eigenvalue weighted by Gasteiger charge is -2.26. The van der Waals surface area contributed by atoms with E-state index in [9.17, 15) is 0 Å². The zero-order valence-corrected chi connectivity index (χ0v) is 16.7. The molecule has 2 aromatic heterocycles. The summed E-state index contributed by atoms with van der Waals surface area (Å²) in [4.78, 5) is 0. The van der Waals surface area contributed by atoms with E-state index in [1.165, 1.54) is 5.56 Å². The van der Waals surface area contributed by atoms with Gasteiger partial charge in [0, 0.05) is 24.7 Å². The summed E-state index contributed by atoms with van der Waals surface area (Å²) in [5.41, 5.74) is 14.5. The molecule has 0 bridgehead atoms. The number of pyridine rings is 1. The van der Waals surface area contributed by atoms with Gasteiger partial charge in [-0.25, -0.2) is 14.0 Å². The van der Waals surface area contributed by atoms with Crippen molar-refractivity contribution >= 4 is 17.8 Å². The fraction of sp³-hybridized carbons (Fsp3) is 0.286. The molecule has 8 nitrogen and oxygen atoms in total. The maximum Gasteiger partial charge on any atom is 0.286 e. The standard InChI is InChI=1S/C21H26N7O/c1-16-7-8-27-15-19(26(2)20(27)13-16)18-5-3-17(4-6-18)14-23-24-21(22)25-28-9-11-29-12-10-28/h3-8,13-15H,9-12H2,1-2H3,(H3,22,24,25)/q+1/b23-14+. The third-order valence-corrected chi connectivity index (χ3v) is 4.95. The highest BCUT2D eigenvalue weighted by molar-refractivity contribution is 5.82. The first kappa shape index (κ1) is 19.1. The smallest absolute Gasteiger partial charge is 0.286 e. The van der Waals surface area contributed by atoms with Gasteiger partial charge >= 0.3 is 0 Å². The average molecular weight is 392 g/mol. The molecule has 8 heteroatoms. The molecule has 1 aliphatic rings. The lowest BCUT2D eigenvalue weighted by atomic mass is 10.1. The third kappa shape index (κ3) is 4.44. The Bertz CT molecular complexity index is 1050. The van der Waals surface area contributed by atoms with Crippen LogP contribution in [0.5, 0.6) is 0 Å². The molecule has 1 aliphatic heterocycles. The van der Waals surface area contributed by atoms with Gasteiger partial charge in [0.25, 0.3) is 5.65 Å². The molecular weight excluding hydrogens is 366 g/mol. The molecule has 3 heterocycles. The number of guanidine groups is 1. The highest BCUT2D eigenvalue weighted by Crippen LogP contribution is 2.20. The summed E-state index contributed by atoms with van der Waals surface area (Å²) >= 11 is 0. The van der Waals surface area contributed by atoms with E-state index < -0.39 is 0 Å². The van der Waals surface area contributed by atoms with Crippen LogP contribution in [0.3, 0.4) is 0 Å². The van der Waals surface area contributed by atoms with Crippen LogP contribution in [0.1, 0.15) is 11.1 Å². The van der Waals surface area contributed by atoms with Crippen molar-refractivity contribution in [3.05, 3.63) is 59.9 Å². The normalized spacial score (nSPS) is 16.0. The number of nitrogens with one attached hydrogen (secondary N) is 1. The number of ether oxygens (including phenoxy) is 1. The summed E-state index contributed by atoms with van der Waals surface area (Å²) in [6, 6.07) is 12.5. The summed E-state index contributed by atoms with van der Waals surface area (Å²) in [7, 11) is 2.08. The molecule has 0 unspecified atom stereocenters. The minimum atomic E-state index is 0.266. The summed E-state index contributed by atoms with van der Waals surface area (Å²) in [5, 5.41) is 10.1. The van der Waals surface area contributed by atoms with Crippen molar-refractivity contribution in [1.82, 2.24) is 15.0 Å². The van der Waals surface area contributed by atoms with E-state index in [0.717, 1.165) is 35.6 Å². The molecule has 150 valence electrons. The minimum Gasteiger partial charge on any atom is -0.379 e. The highest BCUT2D eigenvalue weighted by atomic mass is 16.5. The first-order valence-electron chi connectivity index (χ1n) is 9.64. The van der Waals surface area contributed by atoms with Crippen molar-refractivity contribution in [2.75, 3.05) is 26.3 Å². The van der Waals surface area contributed by atoms with Crippen molar-refractivity contribution < 1.29 is 9.14 Å². The van der Waals surface area contributed by atoms with Crippen LogP contribution in [0, 0.1) is 6.92 Å². The Hall–Kier alpha value is -3.23. The molecule has 4 rings (SSSR count). The van der Waals surface area contributed by atoms with Gasteiger partial charge in [-0.1, -0.05) is 12.1 Å². The van der Waals surface area contributed by atoms with Gasteiger partial charge in [0.2, 0.25) is 5.96 Å². The van der Waals surface area contributed by atoms with Crippen molar-refractivity contribution in [1.29, 1.82) is 0 Å². The Morgan fingerprint density at radius 2 is 1.97 bits per heavy atom. The Balaban J connectivity index is 1.44. The van der Waals surface area contributed by atoms with Crippen molar-refractivity contribution in [3.8, 4) is 11.3 Å². The Kier molecular flexibility index (Phi) is 5.55. The molecule has 1 aromatic carbocycles. The van der Waals surface area contributed by atoms with E-state index in [1.54, 1.807) is 6.21 Å². The Morgan fingerprint density at radius 1 is 1.21 bits per heavy atom. The van der Waals surface area contributed by atoms with E-state index >= 15 is 0 Å². The lowest BCUT2D eigenvalue weighted by molar-refractivity contribution is -0.510. The van der Waals surface area contributed by atoms with E-state index in [2.05, 4.69) is 75.2 Å². The van der Waals surface area contributed by atoms with Gasteiger partial charge in [-0.3, -0.25) is 5.43 Å². The molecule has 0 spiro atoms. The molecule has 3 aromatic rings. The molecule has 0 amide bonds. The number of nitrogens with zero attached hydrogens (tertiary/aromatic N) is 5. The average Bonchev–Trinajstić information content (AvgIpc) is 3.05. The zero-order valence-electron chi connectivity index (χ0n) is 16.7.